The molecule has 29 heavy (non-hydrogen) atoms. The number of carbonyl (C=O) groups is 4. The standard InChI is InChI=1S/C20H30N2O7/c1-20(2,3)15-14-18(25)22(19(15)26)7-9-28-11-13-29-12-10-27-8-6-21-16(23)4-5-17(21)24/h4-5,15H,6-14H2,1-3H3. The second-order valence-corrected chi connectivity index (χ2v) is 8.00. The Bertz CT molecular complexity index is 636. The molecule has 0 saturated carbocycles. The molecule has 0 aliphatic carbocycles. The van der Waals surface area contributed by atoms with E-state index in [1.165, 1.54) is 17.1 Å². The average Bonchev–Trinajstić information content (AvgIpc) is 3.12. The quantitative estimate of drug-likeness (QED) is 0.339. The van der Waals surface area contributed by atoms with Crippen LogP contribution in [0.3, 0.4) is 0 Å². The monoisotopic (exact) mass is 410 g/mol. The van der Waals surface area contributed by atoms with Crippen molar-refractivity contribution in [3.05, 3.63) is 12.2 Å². The Labute approximate surface area is 170 Å². The van der Waals surface area contributed by atoms with E-state index in [1.807, 2.05) is 20.8 Å². The second-order valence-electron chi connectivity index (χ2n) is 8.00. The van der Waals surface area contributed by atoms with E-state index in [9.17, 15) is 19.2 Å². The minimum Gasteiger partial charge on any atom is -0.377 e. The highest BCUT2D eigenvalue weighted by Crippen LogP contribution is 2.35. The number of ether oxygens (including phenoxy) is 3. The van der Waals surface area contributed by atoms with E-state index in [-0.39, 0.29) is 67.7 Å². The molecule has 0 radical (unpaired) electrons. The molecular weight excluding hydrogens is 380 g/mol. The second kappa shape index (κ2) is 10.6. The lowest BCUT2D eigenvalue weighted by atomic mass is 9.80. The number of amides is 4. The highest BCUT2D eigenvalue weighted by Gasteiger charge is 2.44. The maximum Gasteiger partial charge on any atom is 0.253 e. The molecule has 0 bridgehead atoms. The van der Waals surface area contributed by atoms with Gasteiger partial charge in [-0.1, -0.05) is 20.8 Å². The predicted octanol–water partition coefficient (Wildman–Crippen LogP) is 0.382. The Balaban J connectivity index is 1.45. The highest BCUT2D eigenvalue weighted by atomic mass is 16.5. The van der Waals surface area contributed by atoms with Crippen molar-refractivity contribution < 1.29 is 33.4 Å². The molecule has 0 aromatic carbocycles. The number of likely N-dealkylation sites (tertiary alicyclic amines) is 1. The van der Waals surface area contributed by atoms with Gasteiger partial charge in [-0.05, 0) is 5.41 Å². The minimum atomic E-state index is -0.321. The third-order valence-corrected chi connectivity index (χ3v) is 4.85. The molecule has 2 heterocycles. The summed E-state index contributed by atoms with van der Waals surface area (Å²) >= 11 is 0. The van der Waals surface area contributed by atoms with E-state index in [4.69, 9.17) is 14.2 Å². The van der Waals surface area contributed by atoms with Gasteiger partial charge in [0.1, 0.15) is 0 Å². The number of rotatable bonds is 12. The van der Waals surface area contributed by atoms with Gasteiger partial charge in [0.2, 0.25) is 11.8 Å². The molecule has 9 heteroatoms. The van der Waals surface area contributed by atoms with Crippen molar-refractivity contribution in [2.45, 2.75) is 27.2 Å². The van der Waals surface area contributed by atoms with Crippen molar-refractivity contribution in [1.29, 1.82) is 0 Å². The smallest absolute Gasteiger partial charge is 0.253 e. The lowest BCUT2D eigenvalue weighted by molar-refractivity contribution is -0.141. The van der Waals surface area contributed by atoms with Gasteiger partial charge in [-0.2, -0.15) is 0 Å². The zero-order chi connectivity index (χ0) is 21.4. The van der Waals surface area contributed by atoms with Gasteiger partial charge in [0.25, 0.3) is 11.8 Å². The van der Waals surface area contributed by atoms with Crippen LogP contribution in [0, 0.1) is 11.3 Å². The molecule has 0 aromatic rings. The molecule has 0 N–H and O–H groups in total. The van der Waals surface area contributed by atoms with Crippen LogP contribution < -0.4 is 0 Å². The molecule has 2 aliphatic rings. The van der Waals surface area contributed by atoms with Crippen LogP contribution in [-0.2, 0) is 33.4 Å². The first-order valence-corrected chi connectivity index (χ1v) is 9.83. The van der Waals surface area contributed by atoms with Gasteiger partial charge in [0.15, 0.2) is 0 Å². The molecule has 0 aromatic heterocycles. The minimum absolute atomic E-state index is 0.118. The molecule has 0 spiro atoms. The molecule has 1 fully saturated rings. The van der Waals surface area contributed by atoms with Gasteiger partial charge in [0, 0.05) is 18.6 Å². The maximum absolute atomic E-state index is 12.3. The number of carbonyl (C=O) groups excluding carboxylic acids is 4. The van der Waals surface area contributed by atoms with Crippen molar-refractivity contribution in [3.63, 3.8) is 0 Å². The molecule has 2 rings (SSSR count). The molecule has 1 atom stereocenters. The lowest BCUT2D eigenvalue weighted by Gasteiger charge is -2.24. The van der Waals surface area contributed by atoms with Crippen molar-refractivity contribution in [1.82, 2.24) is 9.80 Å². The predicted molar refractivity (Wildman–Crippen MR) is 103 cm³/mol. The summed E-state index contributed by atoms with van der Waals surface area (Å²) in [6.45, 7) is 8.32. The molecular formula is C20H30N2O7. The van der Waals surface area contributed by atoms with Crippen LogP contribution >= 0.6 is 0 Å². The third-order valence-electron chi connectivity index (χ3n) is 4.85. The van der Waals surface area contributed by atoms with Crippen LogP contribution in [0.5, 0.6) is 0 Å². The van der Waals surface area contributed by atoms with Crippen molar-refractivity contribution in [3.8, 4) is 0 Å². The Morgan fingerprint density at radius 1 is 0.793 bits per heavy atom. The van der Waals surface area contributed by atoms with E-state index in [2.05, 4.69) is 0 Å². The third kappa shape index (κ3) is 6.73. The van der Waals surface area contributed by atoms with E-state index in [0.717, 1.165) is 4.90 Å². The highest BCUT2D eigenvalue weighted by molar-refractivity contribution is 6.12. The van der Waals surface area contributed by atoms with Gasteiger partial charge in [0.05, 0.1) is 58.6 Å². The van der Waals surface area contributed by atoms with Crippen molar-refractivity contribution >= 4 is 23.6 Å². The van der Waals surface area contributed by atoms with Gasteiger partial charge in [-0.25, -0.2) is 0 Å². The van der Waals surface area contributed by atoms with E-state index in [0.29, 0.717) is 26.4 Å². The van der Waals surface area contributed by atoms with Gasteiger partial charge in [-0.3, -0.25) is 29.0 Å². The number of hydrogen-bond acceptors (Lipinski definition) is 7. The van der Waals surface area contributed by atoms with E-state index >= 15 is 0 Å². The fraction of sp³-hybridized carbons (Fsp3) is 0.700. The average molecular weight is 410 g/mol. The lowest BCUT2D eigenvalue weighted by Crippen LogP contribution is -2.36. The molecule has 2 aliphatic heterocycles. The summed E-state index contributed by atoms with van der Waals surface area (Å²) in [6.07, 6.45) is 2.75. The number of hydrogen-bond donors (Lipinski definition) is 0. The van der Waals surface area contributed by atoms with Gasteiger partial charge in [-0.15, -0.1) is 0 Å². The van der Waals surface area contributed by atoms with Crippen LogP contribution in [0.4, 0.5) is 0 Å². The van der Waals surface area contributed by atoms with Crippen LogP contribution in [-0.4, -0.2) is 86.2 Å². The van der Waals surface area contributed by atoms with Gasteiger partial charge >= 0.3 is 0 Å². The fourth-order valence-corrected chi connectivity index (χ4v) is 3.10. The summed E-state index contributed by atoms with van der Waals surface area (Å²) in [5.74, 6) is -1.17. The summed E-state index contributed by atoms with van der Waals surface area (Å²) < 4.78 is 16.1. The van der Waals surface area contributed by atoms with E-state index < -0.39 is 0 Å². The molecule has 1 unspecified atom stereocenters. The molecule has 9 nitrogen and oxygen atoms in total. The number of imide groups is 2. The van der Waals surface area contributed by atoms with Gasteiger partial charge < -0.3 is 14.2 Å². The Morgan fingerprint density at radius 2 is 1.24 bits per heavy atom. The topological polar surface area (TPSA) is 102 Å². The van der Waals surface area contributed by atoms with Crippen LogP contribution in [0.15, 0.2) is 12.2 Å². The van der Waals surface area contributed by atoms with Crippen LogP contribution in [0.2, 0.25) is 0 Å². The summed E-state index contributed by atoms with van der Waals surface area (Å²) in [6, 6.07) is 0. The largest absolute Gasteiger partial charge is 0.377 e. The Morgan fingerprint density at radius 3 is 1.69 bits per heavy atom. The summed E-state index contributed by atoms with van der Waals surface area (Å²) in [5.41, 5.74) is -0.227. The maximum atomic E-state index is 12.3. The SMILES string of the molecule is CC(C)(C)C1CC(=O)N(CCOCCOCCOCCN2C(=O)C=CC2=O)C1=O. The molecule has 162 valence electrons. The zero-order valence-electron chi connectivity index (χ0n) is 17.3. The summed E-state index contributed by atoms with van der Waals surface area (Å²) in [5, 5.41) is 0. The fourth-order valence-electron chi connectivity index (χ4n) is 3.10. The first kappa shape index (κ1) is 23.2. The van der Waals surface area contributed by atoms with Crippen LogP contribution in [0.1, 0.15) is 27.2 Å². The molecule has 4 amide bonds. The first-order chi connectivity index (χ1) is 13.7. The molecule has 1 saturated heterocycles. The van der Waals surface area contributed by atoms with Crippen molar-refractivity contribution in [2.75, 3.05) is 52.7 Å². The van der Waals surface area contributed by atoms with E-state index in [1.54, 1.807) is 0 Å². The van der Waals surface area contributed by atoms with Crippen LogP contribution in [0.25, 0.3) is 0 Å². The Hall–Kier alpha value is -2.10. The summed E-state index contributed by atoms with van der Waals surface area (Å²) in [7, 11) is 0. The summed E-state index contributed by atoms with van der Waals surface area (Å²) in [4.78, 5) is 49.4. The zero-order valence-corrected chi connectivity index (χ0v) is 17.3. The number of nitrogens with zero attached hydrogens (tertiary/aromatic N) is 2. The normalized spacial score (nSPS) is 19.9. The van der Waals surface area contributed by atoms with Crippen molar-refractivity contribution in [2.24, 2.45) is 11.3 Å². The first-order valence-electron chi connectivity index (χ1n) is 9.83. The Kier molecular flexibility index (Phi) is 8.48.